The number of carbonyl (C=O) groups is 3. The largest absolute Gasteiger partial charge is 0.462 e. The average molecular weight is 411 g/mol. The molecule has 0 fully saturated rings. The van der Waals surface area contributed by atoms with Crippen molar-refractivity contribution in [1.82, 2.24) is 0 Å². The molecule has 1 N–H and O–H groups in total. The summed E-state index contributed by atoms with van der Waals surface area (Å²) in [5, 5.41) is 13.4. The van der Waals surface area contributed by atoms with Gasteiger partial charge in [0.25, 0.3) is 11.8 Å². The lowest BCUT2D eigenvalue weighted by molar-refractivity contribution is -0.138. The van der Waals surface area contributed by atoms with Gasteiger partial charge in [-0.25, -0.2) is 9.69 Å². The smallest absolute Gasteiger partial charge is 0.350 e. The number of amides is 2. The SMILES string of the molecule is CCOC(=O)/C(C#N)=C/Nc1ccc(N2C(=O)c3cccc4cccc(c34)C2=O)cc1. The Hall–Kier alpha value is -4.44. The first-order valence-corrected chi connectivity index (χ1v) is 9.59. The van der Waals surface area contributed by atoms with Gasteiger partial charge < -0.3 is 10.1 Å². The van der Waals surface area contributed by atoms with Crippen molar-refractivity contribution in [3.8, 4) is 6.07 Å². The molecule has 31 heavy (non-hydrogen) atoms. The van der Waals surface area contributed by atoms with E-state index in [0.717, 1.165) is 10.3 Å². The van der Waals surface area contributed by atoms with Gasteiger partial charge >= 0.3 is 5.97 Å². The van der Waals surface area contributed by atoms with Crippen LogP contribution in [0.2, 0.25) is 0 Å². The van der Waals surface area contributed by atoms with Crippen molar-refractivity contribution < 1.29 is 19.1 Å². The number of ether oxygens (including phenoxy) is 1. The Morgan fingerprint density at radius 1 is 1.03 bits per heavy atom. The van der Waals surface area contributed by atoms with Crippen LogP contribution in [0.1, 0.15) is 27.6 Å². The predicted molar refractivity (Wildman–Crippen MR) is 115 cm³/mol. The van der Waals surface area contributed by atoms with E-state index in [1.165, 1.54) is 6.20 Å². The third kappa shape index (κ3) is 3.51. The van der Waals surface area contributed by atoms with E-state index >= 15 is 0 Å². The Balaban J connectivity index is 1.61. The van der Waals surface area contributed by atoms with E-state index in [4.69, 9.17) is 10.00 Å². The summed E-state index contributed by atoms with van der Waals surface area (Å²) >= 11 is 0. The number of hydrogen-bond acceptors (Lipinski definition) is 6. The molecule has 152 valence electrons. The number of carbonyl (C=O) groups excluding carboxylic acids is 3. The van der Waals surface area contributed by atoms with Gasteiger partial charge in [0.05, 0.1) is 12.3 Å². The fourth-order valence-electron chi connectivity index (χ4n) is 3.47. The number of esters is 1. The van der Waals surface area contributed by atoms with E-state index < -0.39 is 5.97 Å². The molecule has 3 aromatic carbocycles. The van der Waals surface area contributed by atoms with Crippen molar-refractivity contribution in [2.75, 3.05) is 16.8 Å². The molecule has 0 bridgehead atoms. The summed E-state index contributed by atoms with van der Waals surface area (Å²) in [5.74, 6) is -1.49. The van der Waals surface area contributed by atoms with Crippen LogP contribution in [0.5, 0.6) is 0 Å². The summed E-state index contributed by atoms with van der Waals surface area (Å²) in [4.78, 5) is 39.0. The van der Waals surface area contributed by atoms with Crippen LogP contribution in [-0.2, 0) is 9.53 Å². The molecule has 1 aliphatic heterocycles. The number of nitriles is 1. The first kappa shape index (κ1) is 19.9. The predicted octanol–water partition coefficient (Wildman–Crippen LogP) is 4.02. The minimum Gasteiger partial charge on any atom is -0.462 e. The molecule has 7 heteroatoms. The van der Waals surface area contributed by atoms with Crippen LogP contribution in [-0.4, -0.2) is 24.4 Å². The maximum Gasteiger partial charge on any atom is 0.350 e. The number of nitrogens with one attached hydrogen (secondary N) is 1. The molecule has 0 spiro atoms. The third-order valence-electron chi connectivity index (χ3n) is 4.90. The molecular weight excluding hydrogens is 394 g/mol. The molecule has 0 aliphatic carbocycles. The van der Waals surface area contributed by atoms with Crippen LogP contribution >= 0.6 is 0 Å². The Morgan fingerprint density at radius 2 is 1.65 bits per heavy atom. The van der Waals surface area contributed by atoms with Gasteiger partial charge in [-0.05, 0) is 48.7 Å². The van der Waals surface area contributed by atoms with Crippen molar-refractivity contribution in [3.05, 3.63) is 83.6 Å². The van der Waals surface area contributed by atoms with Crippen LogP contribution in [0.3, 0.4) is 0 Å². The van der Waals surface area contributed by atoms with Crippen LogP contribution in [0.25, 0.3) is 10.8 Å². The highest BCUT2D eigenvalue weighted by Crippen LogP contribution is 2.33. The lowest BCUT2D eigenvalue weighted by Crippen LogP contribution is -2.40. The van der Waals surface area contributed by atoms with Gasteiger partial charge in [0.15, 0.2) is 5.57 Å². The molecule has 2 amide bonds. The quantitative estimate of drug-likeness (QED) is 0.295. The number of anilines is 2. The second kappa shape index (κ2) is 8.13. The Labute approximate surface area is 178 Å². The first-order valence-electron chi connectivity index (χ1n) is 9.59. The van der Waals surface area contributed by atoms with Gasteiger partial charge in [-0.15, -0.1) is 0 Å². The molecule has 0 atom stereocenters. The molecule has 0 aromatic heterocycles. The number of imide groups is 1. The maximum atomic E-state index is 13.1. The van der Waals surface area contributed by atoms with Crippen molar-refractivity contribution in [1.29, 1.82) is 5.26 Å². The number of rotatable bonds is 5. The summed E-state index contributed by atoms with van der Waals surface area (Å²) in [6, 6.07) is 19.1. The van der Waals surface area contributed by atoms with E-state index in [9.17, 15) is 14.4 Å². The topological polar surface area (TPSA) is 99.5 Å². The monoisotopic (exact) mass is 411 g/mol. The average Bonchev–Trinajstić information content (AvgIpc) is 2.79. The zero-order valence-electron chi connectivity index (χ0n) is 16.6. The Bertz CT molecular complexity index is 1240. The second-order valence-electron chi connectivity index (χ2n) is 6.74. The molecule has 1 aliphatic rings. The van der Waals surface area contributed by atoms with Crippen molar-refractivity contribution >= 4 is 39.9 Å². The summed E-state index contributed by atoms with van der Waals surface area (Å²) < 4.78 is 4.81. The van der Waals surface area contributed by atoms with Crippen LogP contribution in [0.4, 0.5) is 11.4 Å². The van der Waals surface area contributed by atoms with E-state index in [2.05, 4.69) is 5.32 Å². The molecule has 7 nitrogen and oxygen atoms in total. The normalized spacial score (nSPS) is 13.2. The lowest BCUT2D eigenvalue weighted by atomic mass is 9.94. The van der Waals surface area contributed by atoms with Gasteiger partial charge in [-0.3, -0.25) is 9.59 Å². The minimum atomic E-state index is -0.716. The highest BCUT2D eigenvalue weighted by Gasteiger charge is 2.33. The summed E-state index contributed by atoms with van der Waals surface area (Å²) in [6.07, 6.45) is 1.25. The van der Waals surface area contributed by atoms with E-state index in [1.807, 2.05) is 12.1 Å². The molecule has 3 aromatic rings. The molecule has 4 rings (SSSR count). The van der Waals surface area contributed by atoms with Gasteiger partial charge in [0.2, 0.25) is 0 Å². The number of benzene rings is 3. The van der Waals surface area contributed by atoms with Crippen LogP contribution < -0.4 is 10.2 Å². The van der Waals surface area contributed by atoms with Gasteiger partial charge in [-0.1, -0.05) is 24.3 Å². The second-order valence-corrected chi connectivity index (χ2v) is 6.74. The molecule has 0 saturated carbocycles. The van der Waals surface area contributed by atoms with Crippen molar-refractivity contribution in [3.63, 3.8) is 0 Å². The molecule has 0 saturated heterocycles. The zero-order valence-corrected chi connectivity index (χ0v) is 16.6. The van der Waals surface area contributed by atoms with Crippen molar-refractivity contribution in [2.24, 2.45) is 0 Å². The molecule has 1 heterocycles. The first-order chi connectivity index (χ1) is 15.0. The Kier molecular flexibility index (Phi) is 5.21. The number of hydrogen-bond donors (Lipinski definition) is 1. The summed E-state index contributed by atoms with van der Waals surface area (Å²) in [5.41, 5.74) is 1.77. The van der Waals surface area contributed by atoms with Crippen LogP contribution in [0, 0.1) is 11.3 Å². The van der Waals surface area contributed by atoms with E-state index in [0.29, 0.717) is 27.9 Å². The lowest BCUT2D eigenvalue weighted by Gasteiger charge is -2.27. The zero-order chi connectivity index (χ0) is 22.0. The summed E-state index contributed by atoms with van der Waals surface area (Å²) in [6.45, 7) is 1.82. The van der Waals surface area contributed by atoms with E-state index in [-0.39, 0.29) is 24.0 Å². The van der Waals surface area contributed by atoms with E-state index in [1.54, 1.807) is 61.5 Å². The fraction of sp³-hybridized carbons (Fsp3) is 0.0833. The highest BCUT2D eigenvalue weighted by atomic mass is 16.5. The maximum absolute atomic E-state index is 13.1. The third-order valence-corrected chi connectivity index (χ3v) is 4.90. The highest BCUT2D eigenvalue weighted by molar-refractivity contribution is 6.35. The Morgan fingerprint density at radius 3 is 2.19 bits per heavy atom. The standard InChI is InChI=1S/C24H17N3O4/c1-2-31-24(30)16(13-25)14-26-17-9-11-18(12-10-17)27-22(28)19-7-3-5-15-6-4-8-20(21(15)19)23(27)29/h3-12,14,26H,2H2,1H3/b16-14+. The van der Waals surface area contributed by atoms with Gasteiger partial charge in [-0.2, -0.15) is 5.26 Å². The molecule has 0 radical (unpaired) electrons. The van der Waals surface area contributed by atoms with Crippen LogP contribution in [0.15, 0.2) is 72.4 Å². The van der Waals surface area contributed by atoms with Crippen molar-refractivity contribution in [2.45, 2.75) is 6.92 Å². The number of nitrogens with zero attached hydrogens (tertiary/aromatic N) is 2. The molecule has 0 unspecified atom stereocenters. The van der Waals surface area contributed by atoms with Gasteiger partial charge in [0.1, 0.15) is 6.07 Å². The minimum absolute atomic E-state index is 0.168. The van der Waals surface area contributed by atoms with Gasteiger partial charge in [0, 0.05) is 28.4 Å². The molecular formula is C24H17N3O4. The summed E-state index contributed by atoms with van der Waals surface area (Å²) in [7, 11) is 0. The fourth-order valence-corrected chi connectivity index (χ4v) is 3.47.